The zero-order valence-corrected chi connectivity index (χ0v) is 12.3. The molecular formula is C16H25N3O. The van der Waals surface area contributed by atoms with Gasteiger partial charge in [-0.15, -0.1) is 0 Å². The van der Waals surface area contributed by atoms with E-state index in [1.807, 2.05) is 18.2 Å². The van der Waals surface area contributed by atoms with Gasteiger partial charge in [-0.05, 0) is 51.1 Å². The maximum atomic E-state index is 11.9. The molecule has 1 fully saturated rings. The standard InChI is InChI=1S/C16H25N3O/c1-19(15-8-2-3-9-15)11-5-10-16(20)18-14-7-4-6-13(17)12-14/h4,6-7,12,15H,2-3,5,8-11,17H2,1H3,(H,18,20). The zero-order chi connectivity index (χ0) is 14.4. The molecule has 4 nitrogen and oxygen atoms in total. The quantitative estimate of drug-likeness (QED) is 0.785. The van der Waals surface area contributed by atoms with Crippen molar-refractivity contribution in [3.8, 4) is 0 Å². The third-order valence-corrected chi connectivity index (χ3v) is 4.03. The normalized spacial score (nSPS) is 15.7. The Labute approximate surface area is 121 Å². The van der Waals surface area contributed by atoms with Gasteiger partial charge in [0, 0.05) is 23.8 Å². The van der Waals surface area contributed by atoms with Gasteiger partial charge in [-0.25, -0.2) is 0 Å². The number of amides is 1. The van der Waals surface area contributed by atoms with Crippen LogP contribution in [0.3, 0.4) is 0 Å². The summed E-state index contributed by atoms with van der Waals surface area (Å²) in [5, 5.41) is 2.89. The molecule has 0 heterocycles. The number of hydrogen-bond acceptors (Lipinski definition) is 3. The highest BCUT2D eigenvalue weighted by Gasteiger charge is 2.19. The first kappa shape index (κ1) is 14.9. The van der Waals surface area contributed by atoms with Crippen LogP contribution < -0.4 is 11.1 Å². The lowest BCUT2D eigenvalue weighted by Gasteiger charge is -2.23. The Morgan fingerprint density at radius 3 is 2.85 bits per heavy atom. The number of anilines is 2. The van der Waals surface area contributed by atoms with Crippen LogP contribution in [0.2, 0.25) is 0 Å². The van der Waals surface area contributed by atoms with Crippen molar-refractivity contribution in [1.82, 2.24) is 4.90 Å². The van der Waals surface area contributed by atoms with Crippen LogP contribution in [0.25, 0.3) is 0 Å². The lowest BCUT2D eigenvalue weighted by molar-refractivity contribution is -0.116. The molecule has 20 heavy (non-hydrogen) atoms. The molecule has 1 aliphatic carbocycles. The van der Waals surface area contributed by atoms with Gasteiger partial charge in [0.25, 0.3) is 0 Å². The Bertz CT molecular complexity index is 441. The number of rotatable bonds is 6. The van der Waals surface area contributed by atoms with E-state index >= 15 is 0 Å². The SMILES string of the molecule is CN(CCCC(=O)Nc1cccc(N)c1)C1CCCC1. The zero-order valence-electron chi connectivity index (χ0n) is 12.3. The van der Waals surface area contributed by atoms with Crippen molar-refractivity contribution >= 4 is 17.3 Å². The van der Waals surface area contributed by atoms with Crippen LogP contribution in [-0.2, 0) is 4.79 Å². The lowest BCUT2D eigenvalue weighted by atomic mass is 10.2. The van der Waals surface area contributed by atoms with Crippen molar-refractivity contribution in [3.05, 3.63) is 24.3 Å². The van der Waals surface area contributed by atoms with E-state index < -0.39 is 0 Å². The fourth-order valence-corrected chi connectivity index (χ4v) is 2.86. The van der Waals surface area contributed by atoms with E-state index in [4.69, 9.17) is 5.73 Å². The van der Waals surface area contributed by atoms with Gasteiger partial charge in [0.1, 0.15) is 0 Å². The molecule has 2 rings (SSSR count). The second-order valence-corrected chi connectivity index (χ2v) is 5.70. The van der Waals surface area contributed by atoms with Crippen LogP contribution in [0.1, 0.15) is 38.5 Å². The van der Waals surface area contributed by atoms with Crippen LogP contribution in [0.15, 0.2) is 24.3 Å². The summed E-state index contributed by atoms with van der Waals surface area (Å²) in [4.78, 5) is 14.3. The fraction of sp³-hybridized carbons (Fsp3) is 0.562. The van der Waals surface area contributed by atoms with Gasteiger partial charge in [-0.3, -0.25) is 4.79 Å². The molecule has 1 aromatic rings. The van der Waals surface area contributed by atoms with Crippen LogP contribution in [0, 0.1) is 0 Å². The summed E-state index contributed by atoms with van der Waals surface area (Å²) in [6.45, 7) is 0.995. The predicted molar refractivity (Wildman–Crippen MR) is 83.6 cm³/mol. The highest BCUT2D eigenvalue weighted by atomic mass is 16.1. The van der Waals surface area contributed by atoms with E-state index in [0.29, 0.717) is 12.1 Å². The number of nitrogen functional groups attached to an aromatic ring is 1. The van der Waals surface area contributed by atoms with E-state index in [1.54, 1.807) is 6.07 Å². The average Bonchev–Trinajstić information content (AvgIpc) is 2.92. The van der Waals surface area contributed by atoms with Gasteiger partial charge < -0.3 is 16.0 Å². The molecule has 0 radical (unpaired) electrons. The molecule has 1 aromatic carbocycles. The summed E-state index contributed by atoms with van der Waals surface area (Å²) in [6.07, 6.45) is 6.79. The first-order chi connectivity index (χ1) is 9.65. The molecule has 1 aliphatic rings. The second-order valence-electron chi connectivity index (χ2n) is 5.70. The van der Waals surface area contributed by atoms with Crippen molar-refractivity contribution in [2.75, 3.05) is 24.6 Å². The Kier molecular flexibility index (Phi) is 5.41. The molecule has 0 aliphatic heterocycles. The Hall–Kier alpha value is -1.55. The first-order valence-corrected chi connectivity index (χ1v) is 7.51. The molecule has 0 aromatic heterocycles. The van der Waals surface area contributed by atoms with Crippen LogP contribution >= 0.6 is 0 Å². The molecule has 0 spiro atoms. The fourth-order valence-electron chi connectivity index (χ4n) is 2.86. The Morgan fingerprint density at radius 1 is 1.40 bits per heavy atom. The third kappa shape index (κ3) is 4.53. The topological polar surface area (TPSA) is 58.4 Å². The molecule has 0 unspecified atom stereocenters. The van der Waals surface area contributed by atoms with Gasteiger partial charge in [0.05, 0.1) is 0 Å². The van der Waals surface area contributed by atoms with E-state index in [0.717, 1.165) is 24.7 Å². The van der Waals surface area contributed by atoms with Crippen molar-refractivity contribution in [3.63, 3.8) is 0 Å². The van der Waals surface area contributed by atoms with E-state index in [9.17, 15) is 4.79 Å². The third-order valence-electron chi connectivity index (χ3n) is 4.03. The lowest BCUT2D eigenvalue weighted by Crippen LogP contribution is -2.30. The average molecular weight is 275 g/mol. The van der Waals surface area contributed by atoms with Crippen LogP contribution in [0.5, 0.6) is 0 Å². The van der Waals surface area contributed by atoms with Crippen LogP contribution in [-0.4, -0.2) is 30.4 Å². The molecule has 1 saturated carbocycles. The van der Waals surface area contributed by atoms with Crippen LogP contribution in [0.4, 0.5) is 11.4 Å². The summed E-state index contributed by atoms with van der Waals surface area (Å²) in [5.41, 5.74) is 7.13. The van der Waals surface area contributed by atoms with Gasteiger partial charge >= 0.3 is 0 Å². The summed E-state index contributed by atoms with van der Waals surface area (Å²) >= 11 is 0. The smallest absolute Gasteiger partial charge is 0.224 e. The second kappa shape index (κ2) is 7.29. The highest BCUT2D eigenvalue weighted by molar-refractivity contribution is 5.91. The van der Waals surface area contributed by atoms with Crippen molar-refractivity contribution < 1.29 is 4.79 Å². The van der Waals surface area contributed by atoms with Gasteiger partial charge in [0.2, 0.25) is 5.91 Å². The minimum absolute atomic E-state index is 0.0652. The van der Waals surface area contributed by atoms with Gasteiger partial charge in [-0.2, -0.15) is 0 Å². The van der Waals surface area contributed by atoms with E-state index in [-0.39, 0.29) is 5.91 Å². The molecule has 4 heteroatoms. The number of nitrogens with one attached hydrogen (secondary N) is 1. The molecule has 3 N–H and O–H groups in total. The van der Waals surface area contributed by atoms with Crippen molar-refractivity contribution in [1.29, 1.82) is 0 Å². The predicted octanol–water partition coefficient (Wildman–Crippen LogP) is 2.86. The molecule has 1 amide bonds. The summed E-state index contributed by atoms with van der Waals surface area (Å²) in [7, 11) is 2.17. The molecule has 110 valence electrons. The molecular weight excluding hydrogens is 250 g/mol. The summed E-state index contributed by atoms with van der Waals surface area (Å²) < 4.78 is 0. The molecule has 0 bridgehead atoms. The molecule has 0 atom stereocenters. The number of benzene rings is 1. The van der Waals surface area contributed by atoms with E-state index in [2.05, 4.69) is 17.3 Å². The van der Waals surface area contributed by atoms with Crippen molar-refractivity contribution in [2.24, 2.45) is 0 Å². The van der Waals surface area contributed by atoms with Gasteiger partial charge in [0.15, 0.2) is 0 Å². The number of nitrogens with zero attached hydrogens (tertiary/aromatic N) is 1. The Morgan fingerprint density at radius 2 is 2.15 bits per heavy atom. The monoisotopic (exact) mass is 275 g/mol. The van der Waals surface area contributed by atoms with Gasteiger partial charge in [-0.1, -0.05) is 18.9 Å². The van der Waals surface area contributed by atoms with Crippen molar-refractivity contribution in [2.45, 2.75) is 44.6 Å². The molecule has 0 saturated heterocycles. The number of carbonyl (C=O) groups is 1. The number of carbonyl (C=O) groups excluding carboxylic acids is 1. The summed E-state index contributed by atoms with van der Waals surface area (Å²) in [6, 6.07) is 8.03. The first-order valence-electron chi connectivity index (χ1n) is 7.51. The largest absolute Gasteiger partial charge is 0.399 e. The Balaban J connectivity index is 1.67. The summed E-state index contributed by atoms with van der Waals surface area (Å²) in [5.74, 6) is 0.0652. The number of nitrogens with two attached hydrogens (primary N) is 1. The number of hydrogen-bond donors (Lipinski definition) is 2. The maximum Gasteiger partial charge on any atom is 0.224 e. The minimum atomic E-state index is 0.0652. The minimum Gasteiger partial charge on any atom is -0.399 e. The maximum absolute atomic E-state index is 11.9. The highest BCUT2D eigenvalue weighted by Crippen LogP contribution is 2.22. The van der Waals surface area contributed by atoms with E-state index in [1.165, 1.54) is 25.7 Å².